The van der Waals surface area contributed by atoms with Crippen LogP contribution in [0.3, 0.4) is 0 Å². The van der Waals surface area contributed by atoms with Crippen LogP contribution in [0.4, 0.5) is 0 Å². The fourth-order valence-electron chi connectivity index (χ4n) is 1.77. The van der Waals surface area contributed by atoms with E-state index in [1.165, 1.54) is 0 Å². The lowest BCUT2D eigenvalue weighted by Gasteiger charge is -2.19. The Balaban J connectivity index is 2.01. The van der Waals surface area contributed by atoms with Crippen molar-refractivity contribution in [1.29, 1.82) is 0 Å². The van der Waals surface area contributed by atoms with Gasteiger partial charge in [0.15, 0.2) is 0 Å². The van der Waals surface area contributed by atoms with Crippen LogP contribution in [0.25, 0.3) is 10.6 Å². The molecule has 1 heterocycles. The zero-order valence-corrected chi connectivity index (χ0v) is 13.3. The standard InChI is InChI=1S/C15H21N3OS/c1-15(2,3)16-9-8-13-17-18-14(20-13)11-6-5-7-12(10-11)19-4/h5-7,10,16H,8-9H2,1-4H3. The van der Waals surface area contributed by atoms with E-state index in [1.54, 1.807) is 18.4 Å². The van der Waals surface area contributed by atoms with Crippen LogP contribution in [0.1, 0.15) is 25.8 Å². The second-order valence-electron chi connectivity index (χ2n) is 5.66. The molecule has 20 heavy (non-hydrogen) atoms. The number of ether oxygens (including phenoxy) is 1. The number of aromatic nitrogens is 2. The van der Waals surface area contributed by atoms with Gasteiger partial charge < -0.3 is 10.1 Å². The van der Waals surface area contributed by atoms with Crippen LogP contribution in [0.15, 0.2) is 24.3 Å². The maximum atomic E-state index is 5.23. The molecule has 0 saturated heterocycles. The summed E-state index contributed by atoms with van der Waals surface area (Å²) < 4.78 is 5.23. The second kappa shape index (κ2) is 6.33. The molecule has 0 radical (unpaired) electrons. The van der Waals surface area contributed by atoms with Crippen LogP contribution in [0.5, 0.6) is 5.75 Å². The number of hydrogen-bond donors (Lipinski definition) is 1. The number of methoxy groups -OCH3 is 1. The van der Waals surface area contributed by atoms with Gasteiger partial charge in [-0.05, 0) is 32.9 Å². The zero-order chi connectivity index (χ0) is 14.6. The molecule has 0 fully saturated rings. The van der Waals surface area contributed by atoms with Crippen molar-refractivity contribution in [3.63, 3.8) is 0 Å². The molecule has 1 aromatic heterocycles. The van der Waals surface area contributed by atoms with E-state index in [0.717, 1.165) is 34.3 Å². The molecule has 108 valence electrons. The van der Waals surface area contributed by atoms with E-state index in [2.05, 4.69) is 36.3 Å². The largest absolute Gasteiger partial charge is 0.497 e. The van der Waals surface area contributed by atoms with E-state index in [-0.39, 0.29) is 5.54 Å². The lowest BCUT2D eigenvalue weighted by atomic mass is 10.1. The van der Waals surface area contributed by atoms with Gasteiger partial charge in [-0.3, -0.25) is 0 Å². The van der Waals surface area contributed by atoms with Crippen LogP contribution >= 0.6 is 11.3 Å². The highest BCUT2D eigenvalue weighted by Gasteiger charge is 2.10. The average Bonchev–Trinajstić information content (AvgIpc) is 2.86. The molecule has 0 bridgehead atoms. The Morgan fingerprint density at radius 3 is 2.75 bits per heavy atom. The van der Waals surface area contributed by atoms with Crippen molar-refractivity contribution < 1.29 is 4.74 Å². The molecular formula is C15H21N3OS. The Kier molecular flexibility index (Phi) is 4.73. The summed E-state index contributed by atoms with van der Waals surface area (Å²) in [6.45, 7) is 7.40. The van der Waals surface area contributed by atoms with Gasteiger partial charge in [0.25, 0.3) is 0 Å². The topological polar surface area (TPSA) is 47.0 Å². The summed E-state index contributed by atoms with van der Waals surface area (Å²) >= 11 is 1.64. The summed E-state index contributed by atoms with van der Waals surface area (Å²) in [5.41, 5.74) is 1.19. The molecule has 2 rings (SSSR count). The van der Waals surface area contributed by atoms with Crippen molar-refractivity contribution in [3.05, 3.63) is 29.3 Å². The lowest BCUT2D eigenvalue weighted by Crippen LogP contribution is -2.37. The number of nitrogens with zero attached hydrogens (tertiary/aromatic N) is 2. The molecule has 0 amide bonds. The van der Waals surface area contributed by atoms with Crippen LogP contribution < -0.4 is 10.1 Å². The molecule has 1 N–H and O–H groups in total. The van der Waals surface area contributed by atoms with Crippen LogP contribution in [0.2, 0.25) is 0 Å². The monoisotopic (exact) mass is 291 g/mol. The summed E-state index contributed by atoms with van der Waals surface area (Å²) in [6.07, 6.45) is 0.902. The molecule has 0 atom stereocenters. The van der Waals surface area contributed by atoms with Crippen molar-refractivity contribution >= 4 is 11.3 Å². The first-order chi connectivity index (χ1) is 9.48. The van der Waals surface area contributed by atoms with Crippen LogP contribution in [0, 0.1) is 0 Å². The zero-order valence-electron chi connectivity index (χ0n) is 12.4. The highest BCUT2D eigenvalue weighted by atomic mass is 32.1. The SMILES string of the molecule is COc1cccc(-c2nnc(CCNC(C)(C)C)s2)c1. The molecule has 0 aliphatic rings. The van der Waals surface area contributed by atoms with E-state index >= 15 is 0 Å². The maximum absolute atomic E-state index is 5.23. The van der Waals surface area contributed by atoms with E-state index in [9.17, 15) is 0 Å². The summed E-state index contributed by atoms with van der Waals surface area (Å²) in [5.74, 6) is 0.841. The molecule has 0 spiro atoms. The third-order valence-electron chi connectivity index (χ3n) is 2.78. The van der Waals surface area contributed by atoms with E-state index in [0.29, 0.717) is 0 Å². The van der Waals surface area contributed by atoms with Crippen molar-refractivity contribution in [2.75, 3.05) is 13.7 Å². The molecule has 1 aromatic carbocycles. The van der Waals surface area contributed by atoms with Gasteiger partial charge in [-0.15, -0.1) is 10.2 Å². The minimum absolute atomic E-state index is 0.139. The normalized spacial score (nSPS) is 11.6. The van der Waals surface area contributed by atoms with Crippen LogP contribution in [-0.4, -0.2) is 29.4 Å². The summed E-state index contributed by atoms with van der Waals surface area (Å²) in [5, 5.41) is 14.0. The lowest BCUT2D eigenvalue weighted by molar-refractivity contribution is 0.415. The Labute approximate surface area is 124 Å². The third kappa shape index (κ3) is 4.28. The predicted molar refractivity (Wildman–Crippen MR) is 83.4 cm³/mol. The number of hydrogen-bond acceptors (Lipinski definition) is 5. The summed E-state index contributed by atoms with van der Waals surface area (Å²) in [7, 11) is 1.67. The van der Waals surface area contributed by atoms with E-state index in [1.807, 2.05) is 24.3 Å². The molecular weight excluding hydrogens is 270 g/mol. The molecule has 0 saturated carbocycles. The highest BCUT2D eigenvalue weighted by molar-refractivity contribution is 7.14. The Hall–Kier alpha value is -1.46. The number of rotatable bonds is 5. The maximum Gasteiger partial charge on any atom is 0.147 e. The van der Waals surface area contributed by atoms with Crippen molar-refractivity contribution in [2.24, 2.45) is 0 Å². The first kappa shape index (κ1) is 14.9. The van der Waals surface area contributed by atoms with Crippen molar-refractivity contribution in [2.45, 2.75) is 32.7 Å². The summed E-state index contributed by atoms with van der Waals surface area (Å²) in [6, 6.07) is 7.91. The van der Waals surface area contributed by atoms with Gasteiger partial charge in [0.1, 0.15) is 15.8 Å². The van der Waals surface area contributed by atoms with Crippen molar-refractivity contribution in [1.82, 2.24) is 15.5 Å². The molecule has 0 unspecified atom stereocenters. The van der Waals surface area contributed by atoms with Gasteiger partial charge >= 0.3 is 0 Å². The molecule has 0 aliphatic heterocycles. The molecule has 4 nitrogen and oxygen atoms in total. The smallest absolute Gasteiger partial charge is 0.147 e. The Morgan fingerprint density at radius 1 is 1.25 bits per heavy atom. The van der Waals surface area contributed by atoms with Gasteiger partial charge in [0.2, 0.25) is 0 Å². The van der Waals surface area contributed by atoms with Gasteiger partial charge in [0.05, 0.1) is 7.11 Å². The Morgan fingerprint density at radius 2 is 2.05 bits per heavy atom. The first-order valence-electron chi connectivity index (χ1n) is 6.70. The number of nitrogens with one attached hydrogen (secondary N) is 1. The summed E-state index contributed by atoms with van der Waals surface area (Å²) in [4.78, 5) is 0. The Bertz CT molecular complexity index is 560. The average molecular weight is 291 g/mol. The van der Waals surface area contributed by atoms with E-state index < -0.39 is 0 Å². The molecule has 0 aliphatic carbocycles. The second-order valence-corrected chi connectivity index (χ2v) is 6.72. The highest BCUT2D eigenvalue weighted by Crippen LogP contribution is 2.26. The van der Waals surface area contributed by atoms with Gasteiger partial charge in [-0.1, -0.05) is 23.5 Å². The van der Waals surface area contributed by atoms with Gasteiger partial charge in [0, 0.05) is 24.1 Å². The molecule has 5 heteroatoms. The first-order valence-corrected chi connectivity index (χ1v) is 7.51. The molecule has 2 aromatic rings. The van der Waals surface area contributed by atoms with E-state index in [4.69, 9.17) is 4.74 Å². The third-order valence-corrected chi connectivity index (χ3v) is 3.81. The van der Waals surface area contributed by atoms with Crippen LogP contribution in [-0.2, 0) is 6.42 Å². The fraction of sp³-hybridized carbons (Fsp3) is 0.467. The quantitative estimate of drug-likeness (QED) is 0.919. The predicted octanol–water partition coefficient (Wildman–Crippen LogP) is 3.14. The number of benzene rings is 1. The van der Waals surface area contributed by atoms with Crippen molar-refractivity contribution in [3.8, 4) is 16.3 Å². The minimum atomic E-state index is 0.139. The fourth-order valence-corrected chi connectivity index (χ4v) is 2.61. The minimum Gasteiger partial charge on any atom is -0.497 e. The van der Waals surface area contributed by atoms with Gasteiger partial charge in [-0.2, -0.15) is 0 Å². The van der Waals surface area contributed by atoms with Gasteiger partial charge in [-0.25, -0.2) is 0 Å².